The quantitative estimate of drug-likeness (QED) is 0.810. The van der Waals surface area contributed by atoms with Gasteiger partial charge < -0.3 is 4.52 Å². The van der Waals surface area contributed by atoms with Crippen molar-refractivity contribution in [1.29, 1.82) is 0 Å². The van der Waals surface area contributed by atoms with Crippen LogP contribution in [0.3, 0.4) is 0 Å². The fraction of sp³-hybridized carbons (Fsp3) is 0.667. The lowest BCUT2D eigenvalue weighted by Crippen LogP contribution is -2.09. The number of rotatable bonds is 6. The van der Waals surface area contributed by atoms with Gasteiger partial charge in [-0.3, -0.25) is 0 Å². The Morgan fingerprint density at radius 3 is 2.79 bits per heavy atom. The van der Waals surface area contributed by atoms with Crippen molar-refractivity contribution < 1.29 is 4.52 Å². The fourth-order valence-corrected chi connectivity index (χ4v) is 2.51. The van der Waals surface area contributed by atoms with E-state index < -0.39 is 0 Å². The Bertz CT molecular complexity index is 522. The van der Waals surface area contributed by atoms with Crippen molar-refractivity contribution in [2.45, 2.75) is 45.2 Å². The first-order chi connectivity index (χ1) is 9.06. The molecule has 2 aromatic heterocycles. The maximum atomic E-state index is 5.17. The van der Waals surface area contributed by atoms with Gasteiger partial charge >= 0.3 is 0 Å². The number of hydrogen-bond donors (Lipinski definition) is 0. The molecule has 0 saturated heterocycles. The molecule has 19 heavy (non-hydrogen) atoms. The van der Waals surface area contributed by atoms with Crippen LogP contribution in [-0.4, -0.2) is 24.9 Å². The van der Waals surface area contributed by atoms with Crippen LogP contribution in [0.1, 0.15) is 43.6 Å². The maximum Gasteiger partial charge on any atom is 0.239 e. The molecule has 0 fully saturated rings. The molecule has 0 saturated carbocycles. The van der Waals surface area contributed by atoms with Crippen LogP contribution in [0.5, 0.6) is 0 Å². The second-order valence-corrected chi connectivity index (χ2v) is 6.21. The first-order valence-electron chi connectivity index (χ1n) is 6.34. The predicted octanol–water partition coefficient (Wildman–Crippen LogP) is 2.62. The van der Waals surface area contributed by atoms with Gasteiger partial charge in [0.15, 0.2) is 5.82 Å². The third-order valence-electron chi connectivity index (χ3n) is 2.59. The Morgan fingerprint density at radius 1 is 1.37 bits per heavy atom. The molecule has 6 nitrogen and oxygen atoms in total. The predicted molar refractivity (Wildman–Crippen MR) is 73.6 cm³/mol. The Morgan fingerprint density at radius 2 is 2.16 bits per heavy atom. The van der Waals surface area contributed by atoms with Crippen LogP contribution in [0.2, 0.25) is 0 Å². The number of aryl methyl sites for hydroxylation is 1. The van der Waals surface area contributed by atoms with Crippen LogP contribution < -0.4 is 0 Å². The van der Waals surface area contributed by atoms with Crippen molar-refractivity contribution >= 4 is 11.8 Å². The lowest BCUT2D eigenvalue weighted by molar-refractivity contribution is 0.376. The van der Waals surface area contributed by atoms with Gasteiger partial charge in [0.05, 0.1) is 11.0 Å². The minimum atomic E-state index is 0.158. The molecule has 0 bridgehead atoms. The summed E-state index contributed by atoms with van der Waals surface area (Å²) in [7, 11) is 0. The summed E-state index contributed by atoms with van der Waals surface area (Å²) in [6, 6.07) is 0. The molecule has 0 aliphatic carbocycles. The van der Waals surface area contributed by atoms with Crippen LogP contribution in [0.15, 0.2) is 10.9 Å². The molecule has 0 amide bonds. The molecule has 2 heterocycles. The fourth-order valence-electron chi connectivity index (χ4n) is 1.65. The van der Waals surface area contributed by atoms with Crippen molar-refractivity contribution in [1.82, 2.24) is 24.9 Å². The second kappa shape index (κ2) is 6.18. The third kappa shape index (κ3) is 3.79. The van der Waals surface area contributed by atoms with E-state index in [1.165, 1.54) is 0 Å². The average Bonchev–Trinajstić information content (AvgIpc) is 2.95. The van der Waals surface area contributed by atoms with Gasteiger partial charge in [-0.2, -0.15) is 10.1 Å². The number of nitrogens with zero attached hydrogens (tertiary/aromatic N) is 5. The lowest BCUT2D eigenvalue weighted by atomic mass is 10.2. The molecule has 0 aliphatic rings. The summed E-state index contributed by atoms with van der Waals surface area (Å²) < 4.78 is 7.13. The van der Waals surface area contributed by atoms with Crippen molar-refractivity contribution in [2.24, 2.45) is 5.92 Å². The van der Waals surface area contributed by atoms with Crippen LogP contribution in [0, 0.1) is 12.8 Å². The summed E-state index contributed by atoms with van der Waals surface area (Å²) in [4.78, 5) is 8.54. The van der Waals surface area contributed by atoms with Crippen LogP contribution in [0.4, 0.5) is 0 Å². The SMILES string of the molecule is Cc1noc([C@H](C)SCc2ncnn2CC(C)C)n1. The summed E-state index contributed by atoms with van der Waals surface area (Å²) in [6.45, 7) is 9.11. The number of thioether (sulfide) groups is 1. The molecule has 0 unspecified atom stereocenters. The van der Waals surface area contributed by atoms with E-state index >= 15 is 0 Å². The Balaban J connectivity index is 1.93. The van der Waals surface area contributed by atoms with E-state index in [-0.39, 0.29) is 5.25 Å². The summed E-state index contributed by atoms with van der Waals surface area (Å²) in [5, 5.41) is 8.22. The topological polar surface area (TPSA) is 69.6 Å². The smallest absolute Gasteiger partial charge is 0.239 e. The van der Waals surface area contributed by atoms with E-state index in [9.17, 15) is 0 Å². The zero-order valence-corrected chi connectivity index (χ0v) is 12.5. The van der Waals surface area contributed by atoms with E-state index in [0.29, 0.717) is 17.6 Å². The van der Waals surface area contributed by atoms with Crippen LogP contribution in [0.25, 0.3) is 0 Å². The molecular weight excluding hydrogens is 262 g/mol. The first kappa shape index (κ1) is 14.0. The van der Waals surface area contributed by atoms with E-state index in [0.717, 1.165) is 18.1 Å². The van der Waals surface area contributed by atoms with Crippen LogP contribution >= 0.6 is 11.8 Å². The number of hydrogen-bond acceptors (Lipinski definition) is 6. The zero-order chi connectivity index (χ0) is 13.8. The van der Waals surface area contributed by atoms with Gasteiger partial charge in [-0.15, -0.1) is 11.8 Å². The van der Waals surface area contributed by atoms with Gasteiger partial charge in [-0.05, 0) is 19.8 Å². The highest BCUT2D eigenvalue weighted by atomic mass is 32.2. The van der Waals surface area contributed by atoms with Gasteiger partial charge in [-0.1, -0.05) is 19.0 Å². The lowest BCUT2D eigenvalue weighted by Gasteiger charge is -2.09. The first-order valence-corrected chi connectivity index (χ1v) is 7.39. The van der Waals surface area contributed by atoms with Gasteiger partial charge in [0.25, 0.3) is 0 Å². The Hall–Kier alpha value is -1.37. The highest BCUT2D eigenvalue weighted by Crippen LogP contribution is 2.29. The molecule has 1 atom stereocenters. The number of aromatic nitrogens is 5. The minimum absolute atomic E-state index is 0.158. The van der Waals surface area contributed by atoms with Gasteiger partial charge in [0.1, 0.15) is 12.2 Å². The summed E-state index contributed by atoms with van der Waals surface area (Å²) >= 11 is 1.72. The van der Waals surface area contributed by atoms with Crippen molar-refractivity contribution in [2.75, 3.05) is 0 Å². The van der Waals surface area contributed by atoms with E-state index in [1.54, 1.807) is 18.1 Å². The summed E-state index contributed by atoms with van der Waals surface area (Å²) in [5.41, 5.74) is 0. The van der Waals surface area contributed by atoms with E-state index in [1.807, 2.05) is 11.6 Å². The maximum absolute atomic E-state index is 5.17. The minimum Gasteiger partial charge on any atom is -0.338 e. The third-order valence-corrected chi connectivity index (χ3v) is 3.71. The Labute approximate surface area is 117 Å². The van der Waals surface area contributed by atoms with Crippen molar-refractivity contribution in [3.05, 3.63) is 23.9 Å². The standard InChI is InChI=1S/C12H19N5OS/c1-8(2)5-17-11(13-7-14-17)6-19-9(3)12-15-10(4)16-18-12/h7-9H,5-6H2,1-4H3/t9-/m0/s1. The molecule has 2 rings (SSSR count). The monoisotopic (exact) mass is 281 g/mol. The Kier molecular flexibility index (Phi) is 4.57. The highest BCUT2D eigenvalue weighted by molar-refractivity contribution is 7.98. The normalized spacial score (nSPS) is 13.1. The van der Waals surface area contributed by atoms with Gasteiger partial charge in [0, 0.05) is 6.54 Å². The largest absolute Gasteiger partial charge is 0.338 e. The van der Waals surface area contributed by atoms with Crippen molar-refractivity contribution in [3.8, 4) is 0 Å². The molecular formula is C12H19N5OS. The molecule has 0 radical (unpaired) electrons. The highest BCUT2D eigenvalue weighted by Gasteiger charge is 2.15. The molecule has 0 aliphatic heterocycles. The molecule has 0 spiro atoms. The molecule has 7 heteroatoms. The molecule has 0 aromatic carbocycles. The summed E-state index contributed by atoms with van der Waals surface area (Å²) in [6.07, 6.45) is 1.61. The van der Waals surface area contributed by atoms with E-state index in [4.69, 9.17) is 4.52 Å². The second-order valence-electron chi connectivity index (χ2n) is 4.89. The molecule has 2 aromatic rings. The van der Waals surface area contributed by atoms with Crippen molar-refractivity contribution in [3.63, 3.8) is 0 Å². The zero-order valence-electron chi connectivity index (χ0n) is 11.7. The average molecular weight is 281 g/mol. The molecule has 104 valence electrons. The van der Waals surface area contributed by atoms with Gasteiger partial charge in [-0.25, -0.2) is 9.67 Å². The van der Waals surface area contributed by atoms with Gasteiger partial charge in [0.2, 0.25) is 5.89 Å². The van der Waals surface area contributed by atoms with E-state index in [2.05, 4.69) is 41.0 Å². The molecule has 0 N–H and O–H groups in total. The summed E-state index contributed by atoms with van der Waals surface area (Å²) in [5.74, 6) is 3.67. The van der Waals surface area contributed by atoms with Crippen LogP contribution in [-0.2, 0) is 12.3 Å².